The first kappa shape index (κ1) is 6.22. The normalized spacial score (nSPS) is 23.1. The molecule has 0 bridgehead atoms. The Morgan fingerprint density at radius 2 is 2.45 bits per heavy atom. The molecule has 1 unspecified atom stereocenters. The number of carboxylic acid groups (broad SMARTS) is 1. The smallest absolute Gasteiger partial charge is 0.320 e. The maximum absolute atomic E-state index is 10.6. The van der Waals surface area contributed by atoms with Crippen molar-refractivity contribution in [3.63, 3.8) is 0 Å². The fourth-order valence-electron chi connectivity index (χ4n) is 0.444. The van der Waals surface area contributed by atoms with E-state index in [2.05, 4.69) is 0 Å². The van der Waals surface area contributed by atoms with Crippen LogP contribution >= 0.6 is 12.4 Å². The molecule has 5 heteroatoms. The molecular weight excluding hydrogens is 168 g/mol. The Morgan fingerprint density at radius 1 is 1.82 bits per heavy atom. The van der Waals surface area contributed by atoms with Gasteiger partial charge >= 0.3 is 5.97 Å². The topological polar surface area (TPSA) is 89.3 Å². The van der Waals surface area contributed by atoms with Gasteiger partial charge in [0.05, 0.1) is 1.37 Å². The molecule has 0 amide bonds. The standard InChI is InChI=1S/C6H14N2O2.ClH/c7-4-2-1-3-5(8)6(9)10;/h5H,1-4,7-8H2,(H,9,10);1H/t5-;/m0./s1/i3D,5D;/hD2/t3?,5-;. The lowest BCUT2D eigenvalue weighted by molar-refractivity contribution is -0.138. The van der Waals surface area contributed by atoms with E-state index in [1.807, 2.05) is 0 Å². The van der Waals surface area contributed by atoms with Crippen molar-refractivity contribution in [2.75, 3.05) is 6.54 Å². The highest BCUT2D eigenvalue weighted by molar-refractivity contribution is 5.85. The lowest BCUT2D eigenvalue weighted by atomic mass is 10.1. The molecule has 0 aromatic rings. The zero-order valence-corrected chi connectivity index (χ0v) is 6.80. The minimum Gasteiger partial charge on any atom is -0.480 e. The SMILES string of the molecule is Cl.[2H]C(CCCN)[C@@]([2H])(C(=O)O)N([2H])[2H]. The Hall–Kier alpha value is -0.320. The van der Waals surface area contributed by atoms with E-state index in [1.54, 1.807) is 0 Å². The van der Waals surface area contributed by atoms with Gasteiger partial charge in [-0.05, 0) is 19.4 Å². The molecule has 0 heterocycles. The average molecular weight is 187 g/mol. The minimum absolute atomic E-state index is 0. The van der Waals surface area contributed by atoms with Crippen molar-refractivity contribution in [1.29, 1.82) is 0 Å². The Labute approximate surface area is 78.1 Å². The second-order valence-electron chi connectivity index (χ2n) is 1.83. The number of aliphatic carboxylic acids is 1. The third-order valence-electron chi connectivity index (χ3n) is 0.965. The van der Waals surface area contributed by atoms with Crippen molar-refractivity contribution >= 4 is 18.4 Å². The molecule has 4 nitrogen and oxygen atoms in total. The van der Waals surface area contributed by atoms with Crippen LogP contribution in [0.3, 0.4) is 0 Å². The van der Waals surface area contributed by atoms with Crippen LogP contribution in [0.5, 0.6) is 0 Å². The molecule has 0 rings (SSSR count). The van der Waals surface area contributed by atoms with Crippen LogP contribution < -0.4 is 11.5 Å². The Balaban J connectivity index is 0. The van der Waals surface area contributed by atoms with Gasteiger partial charge in [-0.3, -0.25) is 4.79 Å². The highest BCUT2D eigenvalue weighted by atomic mass is 35.5. The maximum atomic E-state index is 10.6. The van der Waals surface area contributed by atoms with Crippen molar-refractivity contribution < 1.29 is 15.5 Å². The number of hydrogen-bond donors (Lipinski definition) is 3. The molecule has 11 heavy (non-hydrogen) atoms. The molecular formula is C6H15ClN2O2. The molecule has 0 saturated carbocycles. The molecule has 0 spiro atoms. The van der Waals surface area contributed by atoms with Gasteiger partial charge in [-0.1, -0.05) is 6.42 Å². The van der Waals surface area contributed by atoms with Gasteiger partial charge in [0.2, 0.25) is 0 Å². The number of rotatable bonds is 6. The van der Waals surface area contributed by atoms with Crippen LogP contribution in [0.15, 0.2) is 0 Å². The van der Waals surface area contributed by atoms with Crippen molar-refractivity contribution in [2.24, 2.45) is 11.5 Å². The van der Waals surface area contributed by atoms with Gasteiger partial charge in [0.15, 0.2) is 0 Å². The zero-order chi connectivity index (χ0) is 11.4. The molecule has 0 aromatic heterocycles. The minimum atomic E-state index is -2.55. The summed E-state index contributed by atoms with van der Waals surface area (Å²) in [4.78, 5) is 10.6. The van der Waals surface area contributed by atoms with Gasteiger partial charge in [0, 0.05) is 1.37 Å². The van der Waals surface area contributed by atoms with E-state index >= 15 is 0 Å². The zero-order valence-electron chi connectivity index (χ0n) is 9.99. The van der Waals surface area contributed by atoms with Gasteiger partial charge in [-0.25, -0.2) is 0 Å². The Kier molecular flexibility index (Phi) is 4.40. The van der Waals surface area contributed by atoms with Crippen LogP contribution in [0.2, 0.25) is 2.82 Å². The summed E-state index contributed by atoms with van der Waals surface area (Å²) in [5.41, 5.74) is 4.91. The predicted molar refractivity (Wildman–Crippen MR) is 45.8 cm³/mol. The predicted octanol–water partition coefficient (Wildman–Crippen LogP) is -0.0509. The largest absolute Gasteiger partial charge is 0.480 e. The van der Waals surface area contributed by atoms with Crippen LogP contribution in [0.4, 0.5) is 0 Å². The second-order valence-corrected chi connectivity index (χ2v) is 1.83. The highest BCUT2D eigenvalue weighted by Gasteiger charge is 2.09. The number of hydrogen-bond acceptors (Lipinski definition) is 3. The lowest BCUT2D eigenvalue weighted by Crippen LogP contribution is -2.29. The van der Waals surface area contributed by atoms with Gasteiger partial charge < -0.3 is 16.6 Å². The fourth-order valence-corrected chi connectivity index (χ4v) is 0.444. The van der Waals surface area contributed by atoms with E-state index < -0.39 is 18.4 Å². The molecule has 0 fully saturated rings. The van der Waals surface area contributed by atoms with E-state index in [4.69, 9.17) is 16.4 Å². The first-order valence-corrected chi connectivity index (χ1v) is 3.01. The van der Waals surface area contributed by atoms with E-state index in [0.29, 0.717) is 13.0 Å². The Morgan fingerprint density at radius 3 is 2.82 bits per heavy atom. The molecule has 0 aliphatic rings. The average Bonchev–Trinajstić information content (AvgIpc) is 2.11. The van der Waals surface area contributed by atoms with E-state index in [0.717, 1.165) is 0 Å². The quantitative estimate of drug-likeness (QED) is 0.543. The van der Waals surface area contributed by atoms with Crippen molar-refractivity contribution in [3.05, 3.63) is 0 Å². The van der Waals surface area contributed by atoms with Gasteiger partial charge in [-0.15, -0.1) is 12.4 Å². The number of carbonyl (C=O) groups is 1. The maximum Gasteiger partial charge on any atom is 0.320 e. The van der Waals surface area contributed by atoms with Crippen molar-refractivity contribution in [2.45, 2.75) is 25.3 Å². The monoisotopic (exact) mass is 186 g/mol. The number of halogens is 1. The third kappa shape index (κ3) is 7.58. The van der Waals surface area contributed by atoms with Crippen molar-refractivity contribution in [3.8, 4) is 0 Å². The third-order valence-corrected chi connectivity index (χ3v) is 0.965. The van der Waals surface area contributed by atoms with Crippen LogP contribution in [-0.2, 0) is 4.79 Å². The molecule has 0 aliphatic carbocycles. The van der Waals surface area contributed by atoms with Crippen LogP contribution in [-0.4, -0.2) is 23.6 Å². The lowest BCUT2D eigenvalue weighted by Gasteiger charge is -2.03. The van der Waals surface area contributed by atoms with E-state index in [-0.39, 0.29) is 24.5 Å². The van der Waals surface area contributed by atoms with Crippen molar-refractivity contribution in [1.82, 2.24) is 0 Å². The summed E-state index contributed by atoms with van der Waals surface area (Å²) in [6, 6.07) is -2.55. The first-order chi connectivity index (χ1) is 6.37. The summed E-state index contributed by atoms with van der Waals surface area (Å²) in [5, 5.41) is 8.65. The molecule has 68 valence electrons. The molecule has 0 saturated heterocycles. The summed E-state index contributed by atoms with van der Waals surface area (Å²) in [6.07, 6.45) is -0.880. The van der Waals surface area contributed by atoms with Crippen LogP contribution in [0.25, 0.3) is 0 Å². The highest BCUT2D eigenvalue weighted by Crippen LogP contribution is 1.96. The molecule has 2 atom stereocenters. The van der Waals surface area contributed by atoms with E-state index in [9.17, 15) is 4.79 Å². The van der Waals surface area contributed by atoms with Gasteiger partial charge in [-0.2, -0.15) is 0 Å². The van der Waals surface area contributed by atoms with E-state index in [1.165, 1.54) is 0 Å². The first-order valence-electron chi connectivity index (χ1n) is 4.98. The Bertz CT molecular complexity index is 210. The second kappa shape index (κ2) is 7.78. The summed E-state index contributed by atoms with van der Waals surface area (Å²) in [5.74, 6) is -1.67. The van der Waals surface area contributed by atoms with Gasteiger partial charge in [0.25, 0.3) is 0 Å². The number of carboxylic acids is 1. The summed E-state index contributed by atoms with van der Waals surface area (Å²) in [7, 11) is 0. The molecule has 0 aliphatic heterocycles. The summed E-state index contributed by atoms with van der Waals surface area (Å²) < 4.78 is 28.3. The molecule has 0 aromatic carbocycles. The van der Waals surface area contributed by atoms with Crippen LogP contribution in [0.1, 0.15) is 22.0 Å². The van der Waals surface area contributed by atoms with Gasteiger partial charge in [0.1, 0.15) is 8.84 Å². The number of nitrogens with two attached hydrogens (primary N) is 2. The summed E-state index contributed by atoms with van der Waals surface area (Å²) in [6.45, 7) is 0.293. The fraction of sp³-hybridized carbons (Fsp3) is 0.833. The molecule has 5 N–H and O–H groups in total. The molecule has 0 radical (unpaired) electrons. The van der Waals surface area contributed by atoms with Crippen LogP contribution in [0, 0.1) is 0 Å². The summed E-state index contributed by atoms with van der Waals surface area (Å²) >= 11 is 0.